The molecule has 0 radical (unpaired) electrons. The molecule has 17 heavy (non-hydrogen) atoms. The molecule has 1 spiro atoms. The Morgan fingerprint density at radius 2 is 2.00 bits per heavy atom. The van der Waals surface area contributed by atoms with Crippen molar-refractivity contribution in [1.29, 1.82) is 0 Å². The van der Waals surface area contributed by atoms with Gasteiger partial charge in [-0.25, -0.2) is 0 Å². The minimum absolute atomic E-state index is 0.0972. The van der Waals surface area contributed by atoms with Crippen LogP contribution >= 0.6 is 0 Å². The van der Waals surface area contributed by atoms with Gasteiger partial charge >= 0.3 is 0 Å². The molecule has 2 fully saturated rings. The molecule has 2 aliphatic rings. The lowest BCUT2D eigenvalue weighted by atomic mass is 9.83. The SMILES string of the molecule is CCC(O)CCCC1CCC2(CCCCC2)O1. The van der Waals surface area contributed by atoms with E-state index in [-0.39, 0.29) is 11.7 Å². The first-order valence-corrected chi connectivity index (χ1v) is 7.60. The maximum Gasteiger partial charge on any atom is 0.0687 e. The Balaban J connectivity index is 1.67. The highest BCUT2D eigenvalue weighted by Gasteiger charge is 2.40. The molecule has 0 aromatic heterocycles. The predicted molar refractivity (Wildman–Crippen MR) is 70.1 cm³/mol. The van der Waals surface area contributed by atoms with Gasteiger partial charge in [-0.15, -0.1) is 0 Å². The Kier molecular flexibility index (Phi) is 4.87. The molecule has 100 valence electrons. The predicted octanol–water partition coefficient (Wildman–Crippen LogP) is 3.81. The molecular formula is C15H28O2. The van der Waals surface area contributed by atoms with E-state index in [0.29, 0.717) is 6.10 Å². The number of hydrogen-bond donors (Lipinski definition) is 1. The molecular weight excluding hydrogens is 212 g/mol. The fraction of sp³-hybridized carbons (Fsp3) is 1.00. The summed E-state index contributed by atoms with van der Waals surface area (Å²) in [7, 11) is 0. The van der Waals surface area contributed by atoms with Crippen LogP contribution in [-0.4, -0.2) is 22.9 Å². The molecule has 1 heterocycles. The molecule has 1 aliphatic heterocycles. The Morgan fingerprint density at radius 1 is 1.24 bits per heavy atom. The molecule has 1 saturated heterocycles. The third-order valence-corrected chi connectivity index (χ3v) is 4.64. The second-order valence-electron chi connectivity index (χ2n) is 6.02. The zero-order valence-electron chi connectivity index (χ0n) is 11.3. The summed E-state index contributed by atoms with van der Waals surface area (Å²) in [6.07, 6.45) is 13.7. The van der Waals surface area contributed by atoms with Gasteiger partial charge in [0.05, 0.1) is 17.8 Å². The van der Waals surface area contributed by atoms with Gasteiger partial charge < -0.3 is 9.84 Å². The minimum atomic E-state index is -0.0972. The van der Waals surface area contributed by atoms with Crippen LogP contribution in [0.4, 0.5) is 0 Å². The lowest BCUT2D eigenvalue weighted by Crippen LogP contribution is -2.31. The maximum atomic E-state index is 9.53. The fourth-order valence-electron chi connectivity index (χ4n) is 3.45. The lowest BCUT2D eigenvalue weighted by molar-refractivity contribution is -0.0666. The van der Waals surface area contributed by atoms with Crippen LogP contribution in [0.1, 0.15) is 77.6 Å². The highest BCUT2D eigenvalue weighted by atomic mass is 16.5. The standard InChI is InChI=1S/C15H28O2/c1-2-13(16)7-6-8-14-9-12-15(17-14)10-4-3-5-11-15/h13-14,16H,2-12H2,1H3. The van der Waals surface area contributed by atoms with E-state index in [1.807, 2.05) is 6.92 Å². The van der Waals surface area contributed by atoms with E-state index < -0.39 is 0 Å². The van der Waals surface area contributed by atoms with Crippen LogP contribution in [0, 0.1) is 0 Å². The van der Waals surface area contributed by atoms with Crippen LogP contribution in [0.25, 0.3) is 0 Å². The molecule has 0 bridgehead atoms. The first kappa shape index (κ1) is 13.4. The first-order valence-electron chi connectivity index (χ1n) is 7.60. The number of aliphatic hydroxyl groups excluding tert-OH is 1. The van der Waals surface area contributed by atoms with E-state index >= 15 is 0 Å². The third kappa shape index (κ3) is 3.69. The van der Waals surface area contributed by atoms with Crippen molar-refractivity contribution in [2.24, 2.45) is 0 Å². The highest BCUT2D eigenvalue weighted by Crippen LogP contribution is 2.42. The summed E-state index contributed by atoms with van der Waals surface area (Å²) in [6, 6.07) is 0. The van der Waals surface area contributed by atoms with E-state index in [0.717, 1.165) is 25.7 Å². The summed E-state index contributed by atoms with van der Waals surface area (Å²) < 4.78 is 6.32. The van der Waals surface area contributed by atoms with E-state index in [2.05, 4.69) is 0 Å². The number of hydrogen-bond acceptors (Lipinski definition) is 2. The monoisotopic (exact) mass is 240 g/mol. The molecule has 0 aromatic rings. The van der Waals surface area contributed by atoms with E-state index in [1.54, 1.807) is 0 Å². The van der Waals surface area contributed by atoms with Crippen molar-refractivity contribution < 1.29 is 9.84 Å². The second kappa shape index (κ2) is 6.19. The number of aliphatic hydroxyl groups is 1. The van der Waals surface area contributed by atoms with Gasteiger partial charge in [0, 0.05) is 0 Å². The summed E-state index contributed by atoms with van der Waals surface area (Å²) in [5.41, 5.74) is 0.270. The first-order chi connectivity index (χ1) is 8.24. The third-order valence-electron chi connectivity index (χ3n) is 4.64. The van der Waals surface area contributed by atoms with Gasteiger partial charge in [-0.05, 0) is 51.4 Å². The smallest absolute Gasteiger partial charge is 0.0687 e. The van der Waals surface area contributed by atoms with Gasteiger partial charge in [0.1, 0.15) is 0 Å². The molecule has 2 rings (SSSR count). The largest absolute Gasteiger partial charge is 0.393 e. The normalized spacial score (nSPS) is 29.6. The molecule has 0 aromatic carbocycles. The topological polar surface area (TPSA) is 29.5 Å². The van der Waals surface area contributed by atoms with Crippen LogP contribution in [0.15, 0.2) is 0 Å². The number of ether oxygens (including phenoxy) is 1. The minimum Gasteiger partial charge on any atom is -0.393 e. The van der Waals surface area contributed by atoms with Crippen molar-refractivity contribution in [1.82, 2.24) is 0 Å². The second-order valence-corrected chi connectivity index (χ2v) is 6.02. The van der Waals surface area contributed by atoms with Crippen LogP contribution in [0.3, 0.4) is 0 Å². The number of rotatable bonds is 5. The van der Waals surface area contributed by atoms with E-state index in [4.69, 9.17) is 4.74 Å². The molecule has 1 aliphatic carbocycles. The maximum absolute atomic E-state index is 9.53. The van der Waals surface area contributed by atoms with Gasteiger partial charge in [-0.3, -0.25) is 0 Å². The average Bonchev–Trinajstić information content (AvgIpc) is 2.73. The summed E-state index contributed by atoms with van der Waals surface area (Å²) in [4.78, 5) is 0. The average molecular weight is 240 g/mol. The Bertz CT molecular complexity index is 221. The molecule has 2 unspecified atom stereocenters. The fourth-order valence-corrected chi connectivity index (χ4v) is 3.45. The Labute approximate surface area is 106 Å². The van der Waals surface area contributed by atoms with Crippen LogP contribution in [0.5, 0.6) is 0 Å². The molecule has 2 heteroatoms. The van der Waals surface area contributed by atoms with Gasteiger partial charge in [-0.2, -0.15) is 0 Å². The van der Waals surface area contributed by atoms with E-state index in [1.165, 1.54) is 44.9 Å². The highest BCUT2D eigenvalue weighted by molar-refractivity contribution is 4.91. The lowest BCUT2D eigenvalue weighted by Gasteiger charge is -2.33. The van der Waals surface area contributed by atoms with Crippen LogP contribution < -0.4 is 0 Å². The van der Waals surface area contributed by atoms with Crippen LogP contribution in [-0.2, 0) is 4.74 Å². The van der Waals surface area contributed by atoms with Crippen molar-refractivity contribution in [3.05, 3.63) is 0 Å². The van der Waals surface area contributed by atoms with Crippen molar-refractivity contribution in [2.45, 2.75) is 95.4 Å². The molecule has 2 atom stereocenters. The van der Waals surface area contributed by atoms with Gasteiger partial charge in [0.2, 0.25) is 0 Å². The zero-order chi connectivity index (χ0) is 12.1. The molecule has 0 amide bonds. The Hall–Kier alpha value is -0.0800. The van der Waals surface area contributed by atoms with Gasteiger partial charge in [0.25, 0.3) is 0 Å². The zero-order valence-corrected chi connectivity index (χ0v) is 11.3. The van der Waals surface area contributed by atoms with Crippen molar-refractivity contribution in [3.63, 3.8) is 0 Å². The summed E-state index contributed by atoms with van der Waals surface area (Å²) in [6.45, 7) is 2.05. The summed E-state index contributed by atoms with van der Waals surface area (Å²) >= 11 is 0. The Morgan fingerprint density at radius 3 is 2.71 bits per heavy atom. The van der Waals surface area contributed by atoms with Crippen molar-refractivity contribution in [2.75, 3.05) is 0 Å². The quantitative estimate of drug-likeness (QED) is 0.792. The van der Waals surface area contributed by atoms with Crippen LogP contribution in [0.2, 0.25) is 0 Å². The molecule has 1 saturated carbocycles. The summed E-state index contributed by atoms with van der Waals surface area (Å²) in [5, 5.41) is 9.53. The van der Waals surface area contributed by atoms with Crippen molar-refractivity contribution >= 4 is 0 Å². The van der Waals surface area contributed by atoms with Crippen molar-refractivity contribution in [3.8, 4) is 0 Å². The van der Waals surface area contributed by atoms with Gasteiger partial charge in [0.15, 0.2) is 0 Å². The molecule has 2 nitrogen and oxygen atoms in total. The van der Waals surface area contributed by atoms with Gasteiger partial charge in [-0.1, -0.05) is 26.2 Å². The summed E-state index contributed by atoms with van der Waals surface area (Å²) in [5.74, 6) is 0. The molecule has 1 N–H and O–H groups in total. The van der Waals surface area contributed by atoms with E-state index in [9.17, 15) is 5.11 Å².